The predicted molar refractivity (Wildman–Crippen MR) is 79.7 cm³/mol. The first-order chi connectivity index (χ1) is 9.82. The summed E-state index contributed by atoms with van der Waals surface area (Å²) in [6, 6.07) is 8.81. The van der Waals surface area contributed by atoms with Gasteiger partial charge in [0.2, 0.25) is 0 Å². The highest BCUT2D eigenvalue weighted by Gasteiger charge is 2.45. The summed E-state index contributed by atoms with van der Waals surface area (Å²) in [6.07, 6.45) is 2.22. The lowest BCUT2D eigenvalue weighted by atomic mass is 9.76. The fraction of sp³-hybridized carbons (Fsp3) is 0.353. The molecule has 3 rings (SSSR count). The number of hydrogen-bond donors (Lipinski definition) is 1. The van der Waals surface area contributed by atoms with Gasteiger partial charge in [-0.2, -0.15) is 0 Å². The third-order valence-corrected chi connectivity index (χ3v) is 3.97. The summed E-state index contributed by atoms with van der Waals surface area (Å²) in [5, 5.41) is 0. The molecule has 0 fully saturated rings. The van der Waals surface area contributed by atoms with Crippen LogP contribution < -0.4 is 10.5 Å². The minimum Gasteiger partial charge on any atom is -0.486 e. The first-order valence-corrected chi connectivity index (χ1v) is 7.02. The summed E-state index contributed by atoms with van der Waals surface area (Å²) in [5.74, 6) is 0.413. The Kier molecular flexibility index (Phi) is 3.02. The van der Waals surface area contributed by atoms with E-state index < -0.39 is 11.1 Å². The Labute approximate surface area is 124 Å². The van der Waals surface area contributed by atoms with Gasteiger partial charge in [-0.1, -0.05) is 12.1 Å². The van der Waals surface area contributed by atoms with Crippen molar-refractivity contribution in [3.05, 3.63) is 59.2 Å². The number of fused-ring (bicyclic) bond motifs is 1. The molecule has 0 spiro atoms. The van der Waals surface area contributed by atoms with E-state index in [2.05, 4.69) is 4.98 Å². The monoisotopic (exact) mass is 286 g/mol. The molecule has 21 heavy (non-hydrogen) atoms. The number of hydrogen-bond acceptors (Lipinski definition) is 3. The van der Waals surface area contributed by atoms with Crippen LogP contribution in [0.25, 0.3) is 0 Å². The maximum atomic E-state index is 14.0. The van der Waals surface area contributed by atoms with Gasteiger partial charge in [0.15, 0.2) is 0 Å². The van der Waals surface area contributed by atoms with Gasteiger partial charge in [0.1, 0.15) is 22.9 Å². The Morgan fingerprint density at radius 3 is 2.76 bits per heavy atom. The van der Waals surface area contributed by atoms with Crippen LogP contribution >= 0.6 is 0 Å². The number of halogens is 1. The zero-order valence-corrected chi connectivity index (χ0v) is 12.5. The van der Waals surface area contributed by atoms with Gasteiger partial charge >= 0.3 is 0 Å². The van der Waals surface area contributed by atoms with Crippen LogP contribution in [0.5, 0.6) is 5.75 Å². The molecule has 0 saturated heterocycles. The lowest BCUT2D eigenvalue weighted by Gasteiger charge is -2.43. The van der Waals surface area contributed by atoms with Crippen LogP contribution in [-0.2, 0) is 5.54 Å². The SMILES string of the molecule is Cc1ccc([C@@]2(N)CC(C)(C)Oc3cccnc32)cc1F. The molecule has 1 aromatic carbocycles. The number of benzene rings is 1. The zero-order valence-electron chi connectivity index (χ0n) is 12.5. The molecule has 0 radical (unpaired) electrons. The smallest absolute Gasteiger partial charge is 0.143 e. The first-order valence-electron chi connectivity index (χ1n) is 7.02. The molecule has 1 aliphatic rings. The fourth-order valence-corrected chi connectivity index (χ4v) is 3.01. The number of aryl methyl sites for hydroxylation is 1. The van der Waals surface area contributed by atoms with Crippen molar-refractivity contribution in [3.8, 4) is 5.75 Å². The van der Waals surface area contributed by atoms with Crippen molar-refractivity contribution in [1.29, 1.82) is 0 Å². The summed E-state index contributed by atoms with van der Waals surface area (Å²) in [5.41, 5.74) is 7.37. The quantitative estimate of drug-likeness (QED) is 0.875. The summed E-state index contributed by atoms with van der Waals surface area (Å²) in [6.45, 7) is 5.70. The van der Waals surface area contributed by atoms with Gasteiger partial charge in [0.05, 0.1) is 5.54 Å². The van der Waals surface area contributed by atoms with Crippen molar-refractivity contribution in [2.75, 3.05) is 0 Å². The van der Waals surface area contributed by atoms with Crippen LogP contribution in [0.4, 0.5) is 4.39 Å². The lowest BCUT2D eigenvalue weighted by molar-refractivity contribution is 0.0530. The molecule has 0 amide bonds. The number of nitrogens with two attached hydrogens (primary N) is 1. The molecule has 3 nitrogen and oxygen atoms in total. The molecule has 0 bridgehead atoms. The highest BCUT2D eigenvalue weighted by Crippen LogP contribution is 2.44. The highest BCUT2D eigenvalue weighted by molar-refractivity contribution is 5.45. The Hall–Kier alpha value is -1.94. The Morgan fingerprint density at radius 1 is 1.29 bits per heavy atom. The first kappa shape index (κ1) is 14.0. The van der Waals surface area contributed by atoms with Gasteiger partial charge in [-0.25, -0.2) is 4.39 Å². The van der Waals surface area contributed by atoms with Crippen molar-refractivity contribution in [1.82, 2.24) is 4.98 Å². The Balaban J connectivity index is 2.21. The minimum absolute atomic E-state index is 0.251. The third kappa shape index (κ3) is 2.29. The third-order valence-electron chi connectivity index (χ3n) is 3.97. The second-order valence-corrected chi connectivity index (χ2v) is 6.32. The van der Waals surface area contributed by atoms with Gasteiger partial charge in [-0.05, 0) is 50.1 Å². The molecule has 2 aromatic rings. The van der Waals surface area contributed by atoms with E-state index in [1.165, 1.54) is 6.07 Å². The van der Waals surface area contributed by atoms with Gasteiger partial charge in [-0.15, -0.1) is 0 Å². The largest absolute Gasteiger partial charge is 0.486 e. The second kappa shape index (κ2) is 4.53. The van der Waals surface area contributed by atoms with E-state index >= 15 is 0 Å². The van der Waals surface area contributed by atoms with E-state index in [0.717, 1.165) is 5.56 Å². The van der Waals surface area contributed by atoms with Crippen LogP contribution in [-0.4, -0.2) is 10.6 Å². The highest BCUT2D eigenvalue weighted by atomic mass is 19.1. The molecule has 0 aliphatic carbocycles. The van der Waals surface area contributed by atoms with Crippen LogP contribution in [0.2, 0.25) is 0 Å². The normalized spacial score (nSPS) is 23.3. The van der Waals surface area contributed by atoms with Crippen LogP contribution in [0, 0.1) is 12.7 Å². The maximum Gasteiger partial charge on any atom is 0.143 e. The molecule has 2 heterocycles. The molecule has 110 valence electrons. The Bertz CT molecular complexity index is 699. The van der Waals surface area contributed by atoms with E-state index in [0.29, 0.717) is 23.4 Å². The number of aromatic nitrogens is 1. The number of pyridine rings is 1. The van der Waals surface area contributed by atoms with Gasteiger partial charge in [0, 0.05) is 12.6 Å². The van der Waals surface area contributed by atoms with Crippen molar-refractivity contribution in [2.24, 2.45) is 5.73 Å². The summed E-state index contributed by atoms with van der Waals surface area (Å²) < 4.78 is 19.9. The topological polar surface area (TPSA) is 48.1 Å². The standard InChI is InChI=1S/C17H19FN2O/c1-11-6-7-12(9-13(11)18)17(19)10-16(2,3)21-14-5-4-8-20-15(14)17/h4-9H,10,19H2,1-3H3/t17-/m0/s1. The van der Waals surface area contributed by atoms with Crippen molar-refractivity contribution >= 4 is 0 Å². The van der Waals surface area contributed by atoms with E-state index in [-0.39, 0.29) is 5.82 Å². The molecule has 1 atom stereocenters. The van der Waals surface area contributed by atoms with E-state index in [9.17, 15) is 4.39 Å². The van der Waals surface area contributed by atoms with Gasteiger partial charge < -0.3 is 10.5 Å². The van der Waals surface area contributed by atoms with Crippen molar-refractivity contribution in [3.63, 3.8) is 0 Å². The van der Waals surface area contributed by atoms with Crippen LogP contribution in [0.3, 0.4) is 0 Å². The van der Waals surface area contributed by atoms with E-state index in [1.807, 2.05) is 32.0 Å². The molecular weight excluding hydrogens is 267 g/mol. The second-order valence-electron chi connectivity index (χ2n) is 6.32. The fourth-order valence-electron chi connectivity index (χ4n) is 3.01. The lowest BCUT2D eigenvalue weighted by Crippen LogP contribution is -2.51. The van der Waals surface area contributed by atoms with Gasteiger partial charge in [-0.3, -0.25) is 4.98 Å². The number of rotatable bonds is 1. The average molecular weight is 286 g/mol. The minimum atomic E-state index is -0.854. The molecule has 0 saturated carbocycles. The predicted octanol–water partition coefficient (Wildman–Crippen LogP) is 3.29. The summed E-state index contributed by atoms with van der Waals surface area (Å²) >= 11 is 0. The van der Waals surface area contributed by atoms with E-state index in [1.54, 1.807) is 19.2 Å². The van der Waals surface area contributed by atoms with Crippen molar-refractivity contribution in [2.45, 2.75) is 38.3 Å². The number of ether oxygens (including phenoxy) is 1. The molecular formula is C17H19FN2O. The van der Waals surface area contributed by atoms with Crippen LogP contribution in [0.1, 0.15) is 37.1 Å². The molecule has 1 aliphatic heterocycles. The molecule has 2 N–H and O–H groups in total. The molecule has 4 heteroatoms. The summed E-state index contributed by atoms with van der Waals surface area (Å²) in [7, 11) is 0. The van der Waals surface area contributed by atoms with Gasteiger partial charge in [0.25, 0.3) is 0 Å². The molecule has 1 aromatic heterocycles. The molecule has 0 unspecified atom stereocenters. The zero-order chi connectivity index (χ0) is 15.3. The van der Waals surface area contributed by atoms with Crippen molar-refractivity contribution < 1.29 is 9.13 Å². The average Bonchev–Trinajstić information content (AvgIpc) is 2.40. The van der Waals surface area contributed by atoms with Crippen LogP contribution in [0.15, 0.2) is 36.5 Å². The summed E-state index contributed by atoms with van der Waals surface area (Å²) in [4.78, 5) is 4.39. The Morgan fingerprint density at radius 2 is 2.05 bits per heavy atom. The maximum absolute atomic E-state index is 14.0. The van der Waals surface area contributed by atoms with E-state index in [4.69, 9.17) is 10.5 Å². The number of nitrogens with zero attached hydrogens (tertiary/aromatic N) is 1.